The van der Waals surface area contributed by atoms with Crippen LogP contribution in [0, 0.1) is 5.92 Å². The highest BCUT2D eigenvalue weighted by Crippen LogP contribution is 2.24. The summed E-state index contributed by atoms with van der Waals surface area (Å²) < 4.78 is 0. The molecule has 0 aromatic carbocycles. The van der Waals surface area contributed by atoms with Gasteiger partial charge in [0.05, 0.1) is 0 Å². The van der Waals surface area contributed by atoms with E-state index in [0.717, 1.165) is 50.1 Å². The number of amides is 2. The van der Waals surface area contributed by atoms with Gasteiger partial charge >= 0.3 is 6.03 Å². The summed E-state index contributed by atoms with van der Waals surface area (Å²) in [6.07, 6.45) is 6.64. The smallest absolute Gasteiger partial charge is 0.317 e. The largest absolute Gasteiger partial charge is 0.345 e. The number of anilines is 1. The van der Waals surface area contributed by atoms with E-state index in [4.69, 9.17) is 0 Å². The second kappa shape index (κ2) is 6.64. The molecule has 1 saturated carbocycles. The van der Waals surface area contributed by atoms with E-state index in [0.29, 0.717) is 6.04 Å². The Hall–Kier alpha value is -1.30. The molecule has 1 aromatic heterocycles. The van der Waals surface area contributed by atoms with Crippen molar-refractivity contribution in [3.8, 4) is 0 Å². The number of carbonyl (C=O) groups is 1. The van der Waals surface area contributed by atoms with Crippen LogP contribution in [0.4, 0.5) is 9.93 Å². The van der Waals surface area contributed by atoms with Crippen LogP contribution >= 0.6 is 11.3 Å². The van der Waals surface area contributed by atoms with E-state index in [2.05, 4.69) is 22.1 Å². The minimum atomic E-state index is 0.118. The molecule has 1 N–H and O–H groups in total. The predicted octanol–water partition coefficient (Wildman–Crippen LogP) is 2.55. The number of nitrogens with one attached hydrogen (secondary N) is 1. The second-order valence-corrected chi connectivity index (χ2v) is 7.08. The van der Waals surface area contributed by atoms with E-state index in [1.54, 1.807) is 11.3 Å². The lowest BCUT2D eigenvalue weighted by Gasteiger charge is -2.36. The van der Waals surface area contributed by atoms with Gasteiger partial charge in [0.2, 0.25) is 0 Å². The summed E-state index contributed by atoms with van der Waals surface area (Å²) in [4.78, 5) is 20.9. The van der Waals surface area contributed by atoms with Crippen molar-refractivity contribution in [1.82, 2.24) is 15.2 Å². The summed E-state index contributed by atoms with van der Waals surface area (Å²) in [5.74, 6) is 0.741. The van der Waals surface area contributed by atoms with E-state index in [1.165, 1.54) is 12.8 Å². The quantitative estimate of drug-likeness (QED) is 0.913. The molecule has 0 bridgehead atoms. The Bertz CT molecular complexity index is 456. The van der Waals surface area contributed by atoms with E-state index in [-0.39, 0.29) is 6.03 Å². The zero-order chi connectivity index (χ0) is 14.7. The molecule has 116 valence electrons. The van der Waals surface area contributed by atoms with Crippen LogP contribution < -0.4 is 10.2 Å². The van der Waals surface area contributed by atoms with Crippen LogP contribution in [0.5, 0.6) is 0 Å². The summed E-state index contributed by atoms with van der Waals surface area (Å²) in [7, 11) is 0. The fourth-order valence-corrected chi connectivity index (χ4v) is 4.00. The number of hydrogen-bond acceptors (Lipinski definition) is 4. The van der Waals surface area contributed by atoms with Crippen LogP contribution in [-0.2, 0) is 0 Å². The van der Waals surface area contributed by atoms with Crippen LogP contribution in [0.3, 0.4) is 0 Å². The molecule has 1 saturated heterocycles. The van der Waals surface area contributed by atoms with Gasteiger partial charge in [0, 0.05) is 43.8 Å². The van der Waals surface area contributed by atoms with E-state index in [1.807, 2.05) is 16.5 Å². The molecule has 2 fully saturated rings. The van der Waals surface area contributed by atoms with Gasteiger partial charge < -0.3 is 15.1 Å². The van der Waals surface area contributed by atoms with Crippen molar-refractivity contribution in [1.29, 1.82) is 0 Å². The van der Waals surface area contributed by atoms with Crippen molar-refractivity contribution >= 4 is 22.5 Å². The normalized spacial score (nSPS) is 26.7. The van der Waals surface area contributed by atoms with Crippen molar-refractivity contribution in [2.45, 2.75) is 38.6 Å². The Labute approximate surface area is 130 Å². The first-order chi connectivity index (χ1) is 10.2. The third-order valence-electron chi connectivity index (χ3n) is 4.52. The fraction of sp³-hybridized carbons (Fsp3) is 0.733. The molecule has 5 nitrogen and oxygen atoms in total. The van der Waals surface area contributed by atoms with Crippen molar-refractivity contribution in [3.63, 3.8) is 0 Å². The lowest BCUT2D eigenvalue weighted by atomic mass is 9.87. The fourth-order valence-electron chi connectivity index (χ4n) is 3.30. The molecule has 6 heteroatoms. The standard InChI is InChI=1S/C15H24N4OS/c1-12-3-2-4-13(11-12)17-14(20)18-6-8-19(9-7-18)15-16-5-10-21-15/h5,10,12-13H,2-4,6-9,11H2,1H3,(H,17,20). The Morgan fingerprint density at radius 2 is 2.14 bits per heavy atom. The average Bonchev–Trinajstić information content (AvgIpc) is 3.01. The van der Waals surface area contributed by atoms with E-state index in [9.17, 15) is 4.79 Å². The first kappa shape index (κ1) is 14.6. The zero-order valence-electron chi connectivity index (χ0n) is 12.6. The van der Waals surface area contributed by atoms with Gasteiger partial charge in [0.1, 0.15) is 0 Å². The molecule has 0 radical (unpaired) electrons. The molecule has 2 heterocycles. The van der Waals surface area contributed by atoms with Crippen molar-refractivity contribution in [2.75, 3.05) is 31.1 Å². The van der Waals surface area contributed by atoms with Crippen LogP contribution in [0.15, 0.2) is 11.6 Å². The number of piperazine rings is 1. The summed E-state index contributed by atoms with van der Waals surface area (Å²) in [5.41, 5.74) is 0. The van der Waals surface area contributed by atoms with Crippen molar-refractivity contribution in [2.24, 2.45) is 5.92 Å². The SMILES string of the molecule is CC1CCCC(NC(=O)N2CCN(c3nccs3)CC2)C1. The van der Waals surface area contributed by atoms with Gasteiger partial charge in [0.25, 0.3) is 0 Å². The van der Waals surface area contributed by atoms with Gasteiger partial charge in [-0.1, -0.05) is 19.8 Å². The zero-order valence-corrected chi connectivity index (χ0v) is 13.4. The summed E-state index contributed by atoms with van der Waals surface area (Å²) in [6, 6.07) is 0.492. The Morgan fingerprint density at radius 1 is 1.33 bits per heavy atom. The first-order valence-corrected chi connectivity index (χ1v) is 8.80. The third-order valence-corrected chi connectivity index (χ3v) is 5.35. The molecule has 2 atom stereocenters. The molecule has 1 aromatic rings. The van der Waals surface area contributed by atoms with Gasteiger partial charge in [-0.15, -0.1) is 11.3 Å². The number of thiazole rings is 1. The molecule has 0 spiro atoms. The summed E-state index contributed by atoms with van der Waals surface area (Å²) in [5, 5.41) is 6.29. The molecule has 2 amide bonds. The average molecular weight is 308 g/mol. The van der Waals surface area contributed by atoms with Crippen molar-refractivity contribution in [3.05, 3.63) is 11.6 Å². The Kier molecular flexibility index (Phi) is 4.63. The number of aromatic nitrogens is 1. The van der Waals surface area contributed by atoms with Gasteiger partial charge in [-0.05, 0) is 18.8 Å². The molecule has 1 aliphatic heterocycles. The number of hydrogen-bond donors (Lipinski definition) is 1. The number of urea groups is 1. The number of rotatable bonds is 2. The monoisotopic (exact) mass is 308 g/mol. The minimum absolute atomic E-state index is 0.118. The third kappa shape index (κ3) is 3.67. The molecule has 21 heavy (non-hydrogen) atoms. The maximum Gasteiger partial charge on any atom is 0.317 e. The molecule has 2 unspecified atom stereocenters. The highest BCUT2D eigenvalue weighted by atomic mass is 32.1. The summed E-state index contributed by atoms with van der Waals surface area (Å²) in [6.45, 7) is 5.61. The second-order valence-electron chi connectivity index (χ2n) is 6.21. The predicted molar refractivity (Wildman–Crippen MR) is 85.9 cm³/mol. The van der Waals surface area contributed by atoms with Crippen LogP contribution in [0.1, 0.15) is 32.6 Å². The highest BCUT2D eigenvalue weighted by molar-refractivity contribution is 7.13. The highest BCUT2D eigenvalue weighted by Gasteiger charge is 2.25. The van der Waals surface area contributed by atoms with Gasteiger partial charge in [0.15, 0.2) is 5.13 Å². The molecular formula is C15H24N4OS. The van der Waals surface area contributed by atoms with Crippen molar-refractivity contribution < 1.29 is 4.79 Å². The lowest BCUT2D eigenvalue weighted by molar-refractivity contribution is 0.183. The molecular weight excluding hydrogens is 284 g/mol. The van der Waals surface area contributed by atoms with Crippen LogP contribution in [0.2, 0.25) is 0 Å². The first-order valence-electron chi connectivity index (χ1n) is 7.92. The maximum absolute atomic E-state index is 12.3. The summed E-state index contributed by atoms with van der Waals surface area (Å²) >= 11 is 1.66. The number of carbonyl (C=O) groups excluding carboxylic acids is 1. The van der Waals surface area contributed by atoms with Crippen LogP contribution in [-0.4, -0.2) is 48.1 Å². The topological polar surface area (TPSA) is 48.5 Å². The molecule has 2 aliphatic rings. The van der Waals surface area contributed by atoms with E-state index < -0.39 is 0 Å². The molecule has 3 rings (SSSR count). The minimum Gasteiger partial charge on any atom is -0.345 e. The number of nitrogens with zero attached hydrogens (tertiary/aromatic N) is 3. The Morgan fingerprint density at radius 3 is 2.81 bits per heavy atom. The maximum atomic E-state index is 12.3. The van der Waals surface area contributed by atoms with E-state index >= 15 is 0 Å². The van der Waals surface area contributed by atoms with Crippen LogP contribution in [0.25, 0.3) is 0 Å². The van der Waals surface area contributed by atoms with Gasteiger partial charge in [-0.25, -0.2) is 9.78 Å². The lowest BCUT2D eigenvalue weighted by Crippen LogP contribution is -2.54. The van der Waals surface area contributed by atoms with Gasteiger partial charge in [-0.2, -0.15) is 0 Å². The Balaban J connectivity index is 1.46. The molecule has 1 aliphatic carbocycles. The van der Waals surface area contributed by atoms with Gasteiger partial charge in [-0.3, -0.25) is 0 Å².